The summed E-state index contributed by atoms with van der Waals surface area (Å²) < 4.78 is 0. The Labute approximate surface area is 90.7 Å². The molecule has 14 heavy (non-hydrogen) atoms. The normalized spacial score (nSPS) is 12.4. The summed E-state index contributed by atoms with van der Waals surface area (Å²) in [5, 5.41) is 0. The Bertz CT molecular complexity index is 135. The summed E-state index contributed by atoms with van der Waals surface area (Å²) in [7, 11) is -1.12. The Morgan fingerprint density at radius 2 is 1.64 bits per heavy atom. The van der Waals surface area contributed by atoms with Crippen molar-refractivity contribution in [2.45, 2.75) is 58.2 Å². The SMILES string of the molecule is CC(C)[Si](C)(C)NCCCCCCN. The van der Waals surface area contributed by atoms with Crippen molar-refractivity contribution in [1.29, 1.82) is 0 Å². The Kier molecular flexibility index (Phi) is 7.50. The Morgan fingerprint density at radius 3 is 2.14 bits per heavy atom. The first-order chi connectivity index (χ1) is 6.50. The number of hydrogen-bond acceptors (Lipinski definition) is 2. The highest BCUT2D eigenvalue weighted by Gasteiger charge is 2.23. The van der Waals surface area contributed by atoms with Gasteiger partial charge in [0.2, 0.25) is 0 Å². The topological polar surface area (TPSA) is 38.0 Å². The van der Waals surface area contributed by atoms with Crippen LogP contribution in [0.4, 0.5) is 0 Å². The molecule has 3 N–H and O–H groups in total. The van der Waals surface area contributed by atoms with Crippen molar-refractivity contribution < 1.29 is 0 Å². The van der Waals surface area contributed by atoms with Crippen LogP contribution >= 0.6 is 0 Å². The summed E-state index contributed by atoms with van der Waals surface area (Å²) in [5.74, 6) is 0. The highest BCUT2D eigenvalue weighted by atomic mass is 28.3. The van der Waals surface area contributed by atoms with Crippen LogP contribution in [0, 0.1) is 0 Å². The lowest BCUT2D eigenvalue weighted by Gasteiger charge is -2.28. The van der Waals surface area contributed by atoms with Crippen molar-refractivity contribution in [3.8, 4) is 0 Å². The lowest BCUT2D eigenvalue weighted by atomic mass is 10.2. The van der Waals surface area contributed by atoms with Crippen LogP contribution in [-0.2, 0) is 0 Å². The van der Waals surface area contributed by atoms with Crippen molar-refractivity contribution in [2.24, 2.45) is 5.73 Å². The fourth-order valence-corrected chi connectivity index (χ4v) is 2.47. The predicted molar refractivity (Wildman–Crippen MR) is 68.1 cm³/mol. The summed E-state index contributed by atoms with van der Waals surface area (Å²) >= 11 is 0. The Balaban J connectivity index is 3.35. The van der Waals surface area contributed by atoms with Gasteiger partial charge in [0.1, 0.15) is 8.24 Å². The van der Waals surface area contributed by atoms with Crippen LogP contribution in [0.5, 0.6) is 0 Å². The maximum absolute atomic E-state index is 5.44. The second kappa shape index (κ2) is 7.43. The van der Waals surface area contributed by atoms with Crippen molar-refractivity contribution in [3.63, 3.8) is 0 Å². The van der Waals surface area contributed by atoms with E-state index in [0.717, 1.165) is 12.1 Å². The van der Waals surface area contributed by atoms with Crippen LogP contribution in [0.1, 0.15) is 39.5 Å². The van der Waals surface area contributed by atoms with Crippen LogP contribution in [0.2, 0.25) is 18.6 Å². The van der Waals surface area contributed by atoms with Crippen molar-refractivity contribution >= 4 is 8.24 Å². The summed E-state index contributed by atoms with van der Waals surface area (Å²) in [6.07, 6.45) is 5.11. The van der Waals surface area contributed by atoms with Gasteiger partial charge in [0, 0.05) is 0 Å². The molecule has 0 amide bonds. The van der Waals surface area contributed by atoms with Gasteiger partial charge in [0.15, 0.2) is 0 Å². The third kappa shape index (κ3) is 6.57. The van der Waals surface area contributed by atoms with Gasteiger partial charge in [-0.05, 0) is 31.5 Å². The molecule has 86 valence electrons. The lowest BCUT2D eigenvalue weighted by molar-refractivity contribution is 0.634. The molecule has 0 aliphatic rings. The first-order valence-corrected chi connectivity index (χ1v) is 9.03. The van der Waals surface area contributed by atoms with Crippen molar-refractivity contribution in [3.05, 3.63) is 0 Å². The highest BCUT2D eigenvalue weighted by molar-refractivity contribution is 6.76. The lowest BCUT2D eigenvalue weighted by Crippen LogP contribution is -2.47. The molecule has 0 radical (unpaired) electrons. The molecular formula is C11H28N2Si. The van der Waals surface area contributed by atoms with Gasteiger partial charge in [-0.3, -0.25) is 0 Å². The number of nitrogens with two attached hydrogens (primary N) is 1. The zero-order valence-corrected chi connectivity index (χ0v) is 11.4. The highest BCUT2D eigenvalue weighted by Crippen LogP contribution is 2.16. The maximum atomic E-state index is 5.44. The molecule has 0 atom stereocenters. The fraction of sp³-hybridized carbons (Fsp3) is 1.00. The van der Waals surface area contributed by atoms with Gasteiger partial charge in [-0.2, -0.15) is 0 Å². The predicted octanol–water partition coefficient (Wildman–Crippen LogP) is 2.71. The molecule has 0 spiro atoms. The van der Waals surface area contributed by atoms with E-state index < -0.39 is 8.24 Å². The van der Waals surface area contributed by atoms with Gasteiger partial charge in [-0.15, -0.1) is 0 Å². The van der Waals surface area contributed by atoms with E-state index in [1.165, 1.54) is 32.2 Å². The molecule has 0 aromatic carbocycles. The molecular weight excluding hydrogens is 188 g/mol. The van der Waals surface area contributed by atoms with Gasteiger partial charge in [0.05, 0.1) is 0 Å². The molecule has 0 bridgehead atoms. The monoisotopic (exact) mass is 216 g/mol. The molecule has 0 aromatic rings. The standard InChI is InChI=1S/C11H28N2Si/c1-11(2)14(3,4)13-10-8-6-5-7-9-12/h11,13H,5-10,12H2,1-4H3. The number of nitrogens with one attached hydrogen (secondary N) is 1. The first kappa shape index (κ1) is 14.1. The van der Waals surface area contributed by atoms with E-state index in [9.17, 15) is 0 Å². The van der Waals surface area contributed by atoms with Crippen LogP contribution in [0.25, 0.3) is 0 Å². The molecule has 3 heteroatoms. The van der Waals surface area contributed by atoms with Crippen LogP contribution in [0.3, 0.4) is 0 Å². The average molecular weight is 216 g/mol. The summed E-state index contributed by atoms with van der Waals surface area (Å²) in [4.78, 5) is 3.74. The van der Waals surface area contributed by atoms with Gasteiger partial charge >= 0.3 is 0 Å². The second-order valence-electron chi connectivity index (χ2n) is 5.01. The number of rotatable bonds is 8. The molecule has 0 rings (SSSR count). The van der Waals surface area contributed by atoms with Crippen LogP contribution in [0.15, 0.2) is 0 Å². The van der Waals surface area contributed by atoms with Gasteiger partial charge in [0.25, 0.3) is 0 Å². The second-order valence-corrected chi connectivity index (χ2v) is 9.96. The molecule has 0 saturated heterocycles. The summed E-state index contributed by atoms with van der Waals surface area (Å²) in [5.41, 5.74) is 6.27. The summed E-state index contributed by atoms with van der Waals surface area (Å²) in [6, 6.07) is 0. The minimum atomic E-state index is -1.12. The zero-order chi connectivity index (χ0) is 11.0. The van der Waals surface area contributed by atoms with Gasteiger partial charge in [-0.1, -0.05) is 39.8 Å². The van der Waals surface area contributed by atoms with E-state index in [4.69, 9.17) is 5.73 Å². The van der Waals surface area contributed by atoms with Gasteiger partial charge in [-0.25, -0.2) is 0 Å². The smallest absolute Gasteiger partial charge is 0.122 e. The van der Waals surface area contributed by atoms with Crippen molar-refractivity contribution in [2.75, 3.05) is 13.1 Å². The first-order valence-electron chi connectivity index (χ1n) is 5.96. The van der Waals surface area contributed by atoms with E-state index in [1.807, 2.05) is 0 Å². The van der Waals surface area contributed by atoms with E-state index >= 15 is 0 Å². The number of unbranched alkanes of at least 4 members (excludes halogenated alkanes) is 3. The minimum Gasteiger partial charge on any atom is -0.337 e. The molecule has 0 saturated carbocycles. The molecule has 0 heterocycles. The van der Waals surface area contributed by atoms with E-state index in [-0.39, 0.29) is 0 Å². The van der Waals surface area contributed by atoms with Crippen molar-refractivity contribution in [1.82, 2.24) is 4.98 Å². The Hall–Kier alpha value is 0.137. The van der Waals surface area contributed by atoms with E-state index in [0.29, 0.717) is 0 Å². The molecule has 0 aliphatic heterocycles. The molecule has 0 aliphatic carbocycles. The van der Waals surface area contributed by atoms with E-state index in [2.05, 4.69) is 31.9 Å². The maximum Gasteiger partial charge on any atom is 0.122 e. The molecule has 0 aromatic heterocycles. The van der Waals surface area contributed by atoms with Crippen LogP contribution in [-0.4, -0.2) is 21.3 Å². The van der Waals surface area contributed by atoms with Crippen LogP contribution < -0.4 is 10.7 Å². The Morgan fingerprint density at radius 1 is 1.07 bits per heavy atom. The van der Waals surface area contributed by atoms with E-state index in [1.54, 1.807) is 0 Å². The van der Waals surface area contributed by atoms with Gasteiger partial charge < -0.3 is 10.7 Å². The molecule has 0 unspecified atom stereocenters. The summed E-state index contributed by atoms with van der Waals surface area (Å²) in [6.45, 7) is 11.5. The quantitative estimate of drug-likeness (QED) is 0.484. The third-order valence-electron chi connectivity index (χ3n) is 3.15. The largest absolute Gasteiger partial charge is 0.337 e. The number of hydrogen-bond donors (Lipinski definition) is 2. The molecule has 0 fully saturated rings. The fourth-order valence-electron chi connectivity index (χ4n) is 1.24. The molecule has 2 nitrogen and oxygen atoms in total. The average Bonchev–Trinajstić information content (AvgIpc) is 2.10. The zero-order valence-electron chi connectivity index (χ0n) is 10.4. The minimum absolute atomic E-state index is 0.826. The third-order valence-corrected chi connectivity index (χ3v) is 7.20.